The molecule has 0 aliphatic carbocycles. The van der Waals surface area contributed by atoms with Gasteiger partial charge in [0.15, 0.2) is 0 Å². The largest absolute Gasteiger partial charge is 0.481 e. The lowest BCUT2D eigenvalue weighted by molar-refractivity contribution is -0.136. The molecule has 0 radical (unpaired) electrons. The monoisotopic (exact) mass is 231 g/mol. The highest BCUT2D eigenvalue weighted by molar-refractivity contribution is 5.84. The second kappa shape index (κ2) is 5.04. The quantitative estimate of drug-likeness (QED) is 0.859. The van der Waals surface area contributed by atoms with Crippen LogP contribution in [0.25, 0.3) is 10.9 Å². The number of carboxylic acids is 1. The van der Waals surface area contributed by atoms with E-state index in [2.05, 4.69) is 29.8 Å². The molecule has 0 aliphatic rings. The molecule has 0 spiro atoms. The topological polar surface area (TPSA) is 42.2 Å². The predicted molar refractivity (Wildman–Crippen MR) is 68.2 cm³/mol. The van der Waals surface area contributed by atoms with Crippen molar-refractivity contribution in [3.05, 3.63) is 36.0 Å². The van der Waals surface area contributed by atoms with Gasteiger partial charge in [-0.05, 0) is 24.5 Å². The van der Waals surface area contributed by atoms with Crippen LogP contribution < -0.4 is 0 Å². The molecule has 0 aliphatic heterocycles. The van der Waals surface area contributed by atoms with Crippen molar-refractivity contribution in [2.45, 2.75) is 32.7 Å². The number of hydrogen-bond acceptors (Lipinski definition) is 1. The third-order valence-corrected chi connectivity index (χ3v) is 2.94. The summed E-state index contributed by atoms with van der Waals surface area (Å²) in [5, 5.41) is 9.93. The van der Waals surface area contributed by atoms with Crippen molar-refractivity contribution in [1.82, 2.24) is 4.57 Å². The Morgan fingerprint density at radius 1 is 1.35 bits per heavy atom. The van der Waals surface area contributed by atoms with E-state index >= 15 is 0 Å². The van der Waals surface area contributed by atoms with Crippen molar-refractivity contribution in [1.29, 1.82) is 0 Å². The Labute approximate surface area is 101 Å². The first-order valence-electron chi connectivity index (χ1n) is 6.01. The number of aromatic nitrogens is 1. The van der Waals surface area contributed by atoms with Gasteiger partial charge in [0.05, 0.1) is 0 Å². The van der Waals surface area contributed by atoms with Gasteiger partial charge in [-0.25, -0.2) is 0 Å². The SMILES string of the molecule is CCCn1cc(CCC(=O)O)c2ccccc21. The minimum Gasteiger partial charge on any atom is -0.481 e. The Kier molecular flexibility index (Phi) is 3.47. The molecule has 90 valence electrons. The van der Waals surface area contributed by atoms with Crippen molar-refractivity contribution in [3.8, 4) is 0 Å². The number of aryl methyl sites for hydroxylation is 2. The third-order valence-electron chi connectivity index (χ3n) is 2.94. The number of aliphatic carboxylic acids is 1. The van der Waals surface area contributed by atoms with Crippen LogP contribution in [-0.4, -0.2) is 15.6 Å². The normalized spacial score (nSPS) is 10.9. The van der Waals surface area contributed by atoms with E-state index in [1.54, 1.807) is 0 Å². The second-order valence-corrected chi connectivity index (χ2v) is 4.26. The summed E-state index contributed by atoms with van der Waals surface area (Å²) in [7, 11) is 0. The van der Waals surface area contributed by atoms with Crippen molar-refractivity contribution in [3.63, 3.8) is 0 Å². The summed E-state index contributed by atoms with van der Waals surface area (Å²) >= 11 is 0. The average molecular weight is 231 g/mol. The molecule has 3 nitrogen and oxygen atoms in total. The van der Waals surface area contributed by atoms with Crippen LogP contribution in [0.3, 0.4) is 0 Å². The molecule has 0 atom stereocenters. The summed E-state index contributed by atoms with van der Waals surface area (Å²) in [4.78, 5) is 10.6. The van der Waals surface area contributed by atoms with Gasteiger partial charge >= 0.3 is 5.97 Å². The van der Waals surface area contributed by atoms with E-state index in [9.17, 15) is 4.79 Å². The van der Waals surface area contributed by atoms with Crippen LogP contribution in [-0.2, 0) is 17.8 Å². The highest BCUT2D eigenvalue weighted by Crippen LogP contribution is 2.22. The smallest absolute Gasteiger partial charge is 0.303 e. The highest BCUT2D eigenvalue weighted by Gasteiger charge is 2.08. The molecule has 17 heavy (non-hydrogen) atoms. The van der Waals surface area contributed by atoms with Crippen LogP contribution >= 0.6 is 0 Å². The number of carboxylic acid groups (broad SMARTS) is 1. The molecule has 0 saturated heterocycles. The Balaban J connectivity index is 2.37. The van der Waals surface area contributed by atoms with Gasteiger partial charge in [-0.3, -0.25) is 4.79 Å². The zero-order valence-corrected chi connectivity index (χ0v) is 10.0. The lowest BCUT2D eigenvalue weighted by Gasteiger charge is -2.01. The first-order valence-corrected chi connectivity index (χ1v) is 6.01. The van der Waals surface area contributed by atoms with E-state index < -0.39 is 5.97 Å². The molecule has 1 heterocycles. The van der Waals surface area contributed by atoms with Crippen LogP contribution in [0.4, 0.5) is 0 Å². The molecule has 1 N–H and O–H groups in total. The lowest BCUT2D eigenvalue weighted by atomic mass is 10.1. The molecular weight excluding hydrogens is 214 g/mol. The Bertz CT molecular complexity index is 528. The van der Waals surface area contributed by atoms with Crippen molar-refractivity contribution in [2.24, 2.45) is 0 Å². The van der Waals surface area contributed by atoms with Gasteiger partial charge in [0, 0.05) is 30.1 Å². The van der Waals surface area contributed by atoms with Crippen molar-refractivity contribution in [2.75, 3.05) is 0 Å². The molecule has 0 fully saturated rings. The van der Waals surface area contributed by atoms with Gasteiger partial charge in [0.1, 0.15) is 0 Å². The summed E-state index contributed by atoms with van der Waals surface area (Å²) in [6.45, 7) is 3.12. The van der Waals surface area contributed by atoms with Gasteiger partial charge in [0.2, 0.25) is 0 Å². The maximum Gasteiger partial charge on any atom is 0.303 e. The third kappa shape index (κ3) is 2.49. The first-order chi connectivity index (χ1) is 8.22. The Morgan fingerprint density at radius 2 is 2.12 bits per heavy atom. The summed E-state index contributed by atoms with van der Waals surface area (Å²) in [5.41, 5.74) is 2.34. The molecule has 0 bridgehead atoms. The molecule has 1 aromatic carbocycles. The molecule has 0 amide bonds. The number of nitrogens with zero attached hydrogens (tertiary/aromatic N) is 1. The van der Waals surface area contributed by atoms with Gasteiger partial charge in [-0.2, -0.15) is 0 Å². The zero-order valence-electron chi connectivity index (χ0n) is 10.0. The van der Waals surface area contributed by atoms with Crippen LogP contribution in [0.5, 0.6) is 0 Å². The minimum absolute atomic E-state index is 0.195. The van der Waals surface area contributed by atoms with E-state index in [1.807, 2.05) is 12.1 Å². The zero-order chi connectivity index (χ0) is 12.3. The highest BCUT2D eigenvalue weighted by atomic mass is 16.4. The summed E-state index contributed by atoms with van der Waals surface area (Å²) in [6.07, 6.45) is 3.97. The van der Waals surface area contributed by atoms with E-state index in [4.69, 9.17) is 5.11 Å². The lowest BCUT2D eigenvalue weighted by Crippen LogP contribution is -1.97. The Hall–Kier alpha value is -1.77. The van der Waals surface area contributed by atoms with Gasteiger partial charge in [-0.1, -0.05) is 25.1 Å². The number of fused-ring (bicyclic) bond motifs is 1. The van der Waals surface area contributed by atoms with Crippen LogP contribution in [0.1, 0.15) is 25.3 Å². The number of hydrogen-bond donors (Lipinski definition) is 1. The molecule has 3 heteroatoms. The maximum atomic E-state index is 10.6. The molecule has 2 aromatic rings. The fourth-order valence-corrected chi connectivity index (χ4v) is 2.19. The number of benzene rings is 1. The maximum absolute atomic E-state index is 10.6. The van der Waals surface area contributed by atoms with Crippen LogP contribution in [0, 0.1) is 0 Å². The van der Waals surface area contributed by atoms with E-state index in [0.717, 1.165) is 18.5 Å². The van der Waals surface area contributed by atoms with E-state index in [-0.39, 0.29) is 6.42 Å². The molecular formula is C14H17NO2. The standard InChI is InChI=1S/C14H17NO2/c1-2-9-15-10-11(7-8-14(16)17)12-5-3-4-6-13(12)15/h3-6,10H,2,7-9H2,1H3,(H,16,17). The molecule has 1 aromatic heterocycles. The van der Waals surface area contributed by atoms with Gasteiger partial charge < -0.3 is 9.67 Å². The average Bonchev–Trinajstić information content (AvgIpc) is 2.66. The van der Waals surface area contributed by atoms with Gasteiger partial charge in [-0.15, -0.1) is 0 Å². The summed E-state index contributed by atoms with van der Waals surface area (Å²) in [5.74, 6) is -0.739. The summed E-state index contributed by atoms with van der Waals surface area (Å²) < 4.78 is 2.21. The predicted octanol–water partition coefficient (Wildman–Crippen LogP) is 3.07. The molecule has 0 saturated carbocycles. The first kappa shape index (κ1) is 11.7. The van der Waals surface area contributed by atoms with Gasteiger partial charge in [0.25, 0.3) is 0 Å². The second-order valence-electron chi connectivity index (χ2n) is 4.26. The Morgan fingerprint density at radius 3 is 2.82 bits per heavy atom. The fraction of sp³-hybridized carbons (Fsp3) is 0.357. The fourth-order valence-electron chi connectivity index (χ4n) is 2.19. The summed E-state index contributed by atoms with van der Waals surface area (Å²) in [6, 6.07) is 8.19. The van der Waals surface area contributed by atoms with E-state index in [1.165, 1.54) is 10.9 Å². The number of rotatable bonds is 5. The van der Waals surface area contributed by atoms with E-state index in [0.29, 0.717) is 6.42 Å². The number of carbonyl (C=O) groups is 1. The van der Waals surface area contributed by atoms with Crippen molar-refractivity contribution >= 4 is 16.9 Å². The molecule has 2 rings (SSSR count). The minimum atomic E-state index is -0.739. The van der Waals surface area contributed by atoms with Crippen LogP contribution in [0.2, 0.25) is 0 Å². The van der Waals surface area contributed by atoms with Crippen LogP contribution in [0.15, 0.2) is 30.5 Å². The van der Waals surface area contributed by atoms with Crippen molar-refractivity contribution < 1.29 is 9.90 Å². The molecule has 0 unspecified atom stereocenters. The number of para-hydroxylation sites is 1.